The molecule has 1 amide bonds. The number of para-hydroxylation sites is 1. The van der Waals surface area contributed by atoms with E-state index in [1.807, 2.05) is 12.1 Å². The molecule has 0 atom stereocenters. The maximum Gasteiger partial charge on any atom is 0.261 e. The number of hydrogen-bond donors (Lipinski definition) is 2. The van der Waals surface area contributed by atoms with Crippen LogP contribution in [0.15, 0.2) is 65.7 Å². The molecule has 0 saturated heterocycles. The van der Waals surface area contributed by atoms with E-state index >= 15 is 0 Å². The normalized spacial score (nSPS) is 11.3. The van der Waals surface area contributed by atoms with Gasteiger partial charge in [0.25, 0.3) is 15.9 Å². The van der Waals surface area contributed by atoms with Crippen LogP contribution in [0.3, 0.4) is 0 Å². The van der Waals surface area contributed by atoms with Crippen LogP contribution in [-0.4, -0.2) is 39.6 Å². The number of methoxy groups -OCH3 is 1. The van der Waals surface area contributed by atoms with Gasteiger partial charge in [0.1, 0.15) is 0 Å². The summed E-state index contributed by atoms with van der Waals surface area (Å²) >= 11 is 0. The lowest BCUT2D eigenvalue weighted by Gasteiger charge is -2.11. The number of rotatable bonds is 8. The van der Waals surface area contributed by atoms with Gasteiger partial charge >= 0.3 is 0 Å². The molecule has 0 radical (unpaired) electrons. The molecule has 0 spiro atoms. The maximum atomic E-state index is 12.8. The van der Waals surface area contributed by atoms with E-state index in [-0.39, 0.29) is 16.4 Å². The van der Waals surface area contributed by atoms with Crippen LogP contribution in [0.25, 0.3) is 10.9 Å². The first-order chi connectivity index (χ1) is 13.5. The van der Waals surface area contributed by atoms with Gasteiger partial charge in [-0.25, -0.2) is 8.42 Å². The minimum absolute atomic E-state index is 0.00461. The Morgan fingerprint density at radius 1 is 1.11 bits per heavy atom. The SMILES string of the molecule is COCCCNC(=O)c1cccc(S(=O)(=O)Nc2cccc3cccnc23)c1. The second-order valence-corrected chi connectivity index (χ2v) is 7.80. The Balaban J connectivity index is 1.81. The Hall–Kier alpha value is -2.97. The maximum absolute atomic E-state index is 12.8. The number of nitrogens with zero attached hydrogens (tertiary/aromatic N) is 1. The number of aromatic nitrogens is 1. The van der Waals surface area contributed by atoms with Crippen molar-refractivity contribution in [1.29, 1.82) is 0 Å². The number of nitrogens with one attached hydrogen (secondary N) is 2. The van der Waals surface area contributed by atoms with Crippen molar-refractivity contribution in [3.63, 3.8) is 0 Å². The molecular weight excluding hydrogens is 378 g/mol. The number of sulfonamides is 1. The largest absolute Gasteiger partial charge is 0.385 e. The fraction of sp³-hybridized carbons (Fsp3) is 0.200. The Labute approximate surface area is 163 Å². The zero-order chi connectivity index (χ0) is 20.0. The Bertz CT molecular complexity index is 1080. The van der Waals surface area contributed by atoms with E-state index in [0.717, 1.165) is 5.39 Å². The smallest absolute Gasteiger partial charge is 0.261 e. The van der Waals surface area contributed by atoms with Gasteiger partial charge in [-0.3, -0.25) is 14.5 Å². The molecule has 0 aliphatic rings. The van der Waals surface area contributed by atoms with Gasteiger partial charge in [0, 0.05) is 37.4 Å². The van der Waals surface area contributed by atoms with Crippen molar-refractivity contribution >= 4 is 32.5 Å². The third-order valence-corrected chi connectivity index (χ3v) is 5.46. The molecule has 0 unspecified atom stereocenters. The molecule has 0 aliphatic heterocycles. The van der Waals surface area contributed by atoms with Gasteiger partial charge in [0.2, 0.25) is 0 Å². The van der Waals surface area contributed by atoms with Gasteiger partial charge in [-0.15, -0.1) is 0 Å². The monoisotopic (exact) mass is 399 g/mol. The van der Waals surface area contributed by atoms with E-state index in [1.165, 1.54) is 12.1 Å². The van der Waals surface area contributed by atoms with Gasteiger partial charge in [-0.2, -0.15) is 0 Å². The third kappa shape index (κ3) is 4.65. The number of pyridine rings is 1. The number of benzene rings is 2. The lowest BCUT2D eigenvalue weighted by atomic mass is 10.2. The molecular formula is C20H21N3O4S. The predicted molar refractivity (Wildman–Crippen MR) is 108 cm³/mol. The predicted octanol–water partition coefficient (Wildman–Crippen LogP) is 2.80. The summed E-state index contributed by atoms with van der Waals surface area (Å²) in [5.41, 5.74) is 1.21. The fourth-order valence-electron chi connectivity index (χ4n) is 2.72. The molecule has 3 aromatic rings. The summed E-state index contributed by atoms with van der Waals surface area (Å²) in [7, 11) is -2.29. The average Bonchev–Trinajstić information content (AvgIpc) is 2.71. The highest BCUT2D eigenvalue weighted by Crippen LogP contribution is 2.24. The quantitative estimate of drug-likeness (QED) is 0.568. The van der Waals surface area contributed by atoms with Gasteiger partial charge in [-0.05, 0) is 36.8 Å². The molecule has 2 N–H and O–H groups in total. The third-order valence-electron chi connectivity index (χ3n) is 4.09. The highest BCUT2D eigenvalue weighted by molar-refractivity contribution is 7.92. The molecule has 7 nitrogen and oxygen atoms in total. The number of anilines is 1. The minimum Gasteiger partial charge on any atom is -0.385 e. The molecule has 8 heteroatoms. The number of fused-ring (bicyclic) bond motifs is 1. The molecule has 2 aromatic carbocycles. The second kappa shape index (κ2) is 8.81. The van der Waals surface area contributed by atoms with Gasteiger partial charge < -0.3 is 10.1 Å². The number of amides is 1. The highest BCUT2D eigenvalue weighted by Gasteiger charge is 2.18. The summed E-state index contributed by atoms with van der Waals surface area (Å²) < 4.78 is 33.2. The van der Waals surface area contributed by atoms with E-state index in [0.29, 0.717) is 30.8 Å². The van der Waals surface area contributed by atoms with Crippen molar-refractivity contribution in [2.75, 3.05) is 25.0 Å². The van der Waals surface area contributed by atoms with Crippen LogP contribution >= 0.6 is 0 Å². The highest BCUT2D eigenvalue weighted by atomic mass is 32.2. The van der Waals surface area contributed by atoms with Crippen molar-refractivity contribution in [3.8, 4) is 0 Å². The van der Waals surface area contributed by atoms with E-state index in [2.05, 4.69) is 15.0 Å². The average molecular weight is 399 g/mol. The van der Waals surface area contributed by atoms with Gasteiger partial charge in [-0.1, -0.05) is 24.3 Å². The number of carbonyl (C=O) groups is 1. The summed E-state index contributed by atoms with van der Waals surface area (Å²) in [6, 6.07) is 14.8. The first-order valence-electron chi connectivity index (χ1n) is 8.75. The molecule has 1 aromatic heterocycles. The molecule has 3 rings (SSSR count). The van der Waals surface area contributed by atoms with Crippen LogP contribution in [-0.2, 0) is 14.8 Å². The van der Waals surface area contributed by atoms with Gasteiger partial charge in [0.15, 0.2) is 0 Å². The summed E-state index contributed by atoms with van der Waals surface area (Å²) in [5.74, 6) is -0.333. The molecule has 1 heterocycles. The zero-order valence-electron chi connectivity index (χ0n) is 15.4. The lowest BCUT2D eigenvalue weighted by molar-refractivity contribution is 0.0948. The van der Waals surface area contributed by atoms with E-state index in [4.69, 9.17) is 4.74 Å². The van der Waals surface area contributed by atoms with Crippen LogP contribution in [0, 0.1) is 0 Å². The molecule has 0 saturated carbocycles. The fourth-order valence-corrected chi connectivity index (χ4v) is 3.83. The standard InChI is InChI=1S/C20H21N3O4S/c1-27-13-5-12-22-20(24)16-7-2-9-17(14-16)28(25,26)23-18-10-3-6-15-8-4-11-21-19(15)18/h2-4,6-11,14,23H,5,12-13H2,1H3,(H,22,24). The van der Waals surface area contributed by atoms with Crippen LogP contribution in [0.1, 0.15) is 16.8 Å². The summed E-state index contributed by atoms with van der Waals surface area (Å²) in [6.45, 7) is 0.987. The van der Waals surface area contributed by atoms with Crippen LogP contribution in [0.5, 0.6) is 0 Å². The van der Waals surface area contributed by atoms with Crippen molar-refractivity contribution in [2.45, 2.75) is 11.3 Å². The summed E-state index contributed by atoms with van der Waals surface area (Å²) in [4.78, 5) is 16.5. The number of carbonyl (C=O) groups excluding carboxylic acids is 1. The van der Waals surface area contributed by atoms with Crippen LogP contribution in [0.2, 0.25) is 0 Å². The van der Waals surface area contributed by atoms with E-state index in [9.17, 15) is 13.2 Å². The molecule has 0 bridgehead atoms. The van der Waals surface area contributed by atoms with Crippen molar-refractivity contribution < 1.29 is 17.9 Å². The second-order valence-electron chi connectivity index (χ2n) is 6.12. The number of ether oxygens (including phenoxy) is 1. The van der Waals surface area contributed by atoms with Crippen molar-refractivity contribution in [1.82, 2.24) is 10.3 Å². The van der Waals surface area contributed by atoms with Crippen LogP contribution in [0.4, 0.5) is 5.69 Å². The molecule has 0 aliphatic carbocycles. The Kier molecular flexibility index (Phi) is 6.23. The van der Waals surface area contributed by atoms with E-state index in [1.54, 1.807) is 43.6 Å². The lowest BCUT2D eigenvalue weighted by Crippen LogP contribution is -2.25. The van der Waals surface area contributed by atoms with Gasteiger partial charge in [0.05, 0.1) is 16.1 Å². The Morgan fingerprint density at radius 2 is 1.89 bits per heavy atom. The zero-order valence-corrected chi connectivity index (χ0v) is 16.2. The molecule has 0 fully saturated rings. The Morgan fingerprint density at radius 3 is 2.71 bits per heavy atom. The topological polar surface area (TPSA) is 97.4 Å². The summed E-state index contributed by atoms with van der Waals surface area (Å²) in [6.07, 6.45) is 2.28. The minimum atomic E-state index is -3.88. The molecule has 146 valence electrons. The number of hydrogen-bond acceptors (Lipinski definition) is 5. The van der Waals surface area contributed by atoms with Crippen molar-refractivity contribution in [2.24, 2.45) is 0 Å². The summed E-state index contributed by atoms with van der Waals surface area (Å²) in [5, 5.41) is 3.57. The van der Waals surface area contributed by atoms with Crippen LogP contribution < -0.4 is 10.0 Å². The first-order valence-corrected chi connectivity index (χ1v) is 10.2. The van der Waals surface area contributed by atoms with E-state index < -0.39 is 10.0 Å². The first kappa shape index (κ1) is 19.8. The van der Waals surface area contributed by atoms with Crippen molar-refractivity contribution in [3.05, 3.63) is 66.4 Å². The molecule has 28 heavy (non-hydrogen) atoms.